The average Bonchev–Trinajstić information content (AvgIpc) is 2.25. The van der Waals surface area contributed by atoms with Crippen molar-refractivity contribution >= 4 is 17.7 Å². The van der Waals surface area contributed by atoms with Gasteiger partial charge in [0.1, 0.15) is 0 Å². The van der Waals surface area contributed by atoms with Crippen molar-refractivity contribution in [3.63, 3.8) is 0 Å². The van der Waals surface area contributed by atoms with Crippen molar-refractivity contribution in [3.05, 3.63) is 0 Å². The van der Waals surface area contributed by atoms with Gasteiger partial charge in [-0.1, -0.05) is 5.92 Å². The maximum atomic E-state index is 11.2. The van der Waals surface area contributed by atoms with Gasteiger partial charge >= 0.3 is 0 Å². The summed E-state index contributed by atoms with van der Waals surface area (Å²) in [5.41, 5.74) is 0. The number of hydrogen-bond acceptors (Lipinski definition) is 3. The smallest absolute Gasteiger partial charge is 0.230 e. The third kappa shape index (κ3) is 4.54. The minimum absolute atomic E-state index is 0.0273. The van der Waals surface area contributed by atoms with Crippen molar-refractivity contribution in [2.45, 2.75) is 18.1 Å². The third-order valence-electron chi connectivity index (χ3n) is 2.01. The van der Waals surface area contributed by atoms with Crippen LogP contribution in [0.5, 0.6) is 0 Å². The van der Waals surface area contributed by atoms with Gasteiger partial charge in [0.2, 0.25) is 5.91 Å². The molecule has 0 radical (unpaired) electrons. The first kappa shape index (κ1) is 11.4. The molecule has 0 aromatic heterocycles. The number of terminal acetylenes is 1. The first-order chi connectivity index (χ1) is 6.83. The number of thioether (sulfide) groups is 1. The molecule has 78 valence electrons. The molecule has 4 heteroatoms. The van der Waals surface area contributed by atoms with E-state index in [4.69, 9.17) is 11.2 Å². The van der Waals surface area contributed by atoms with E-state index >= 15 is 0 Å². The molecule has 1 fully saturated rings. The molecule has 1 saturated heterocycles. The fourth-order valence-corrected chi connectivity index (χ4v) is 2.25. The van der Waals surface area contributed by atoms with Crippen LogP contribution in [0, 0.1) is 12.3 Å². The summed E-state index contributed by atoms with van der Waals surface area (Å²) in [4.78, 5) is 11.2. The van der Waals surface area contributed by atoms with Crippen LogP contribution in [0.3, 0.4) is 0 Å². The largest absolute Gasteiger partial charge is 0.381 e. The first-order valence-corrected chi connectivity index (χ1v) is 5.77. The lowest BCUT2D eigenvalue weighted by molar-refractivity contribution is -0.118. The van der Waals surface area contributed by atoms with Gasteiger partial charge in [-0.25, -0.2) is 0 Å². The highest BCUT2D eigenvalue weighted by Gasteiger charge is 2.15. The number of rotatable bonds is 4. The Labute approximate surface area is 89.0 Å². The SMILES string of the molecule is C#CCNC(=O)CSC1CCOCC1. The van der Waals surface area contributed by atoms with Crippen LogP contribution in [-0.4, -0.2) is 36.7 Å². The highest BCUT2D eigenvalue weighted by molar-refractivity contribution is 8.00. The van der Waals surface area contributed by atoms with Crippen LogP contribution in [-0.2, 0) is 9.53 Å². The van der Waals surface area contributed by atoms with Crippen molar-refractivity contribution in [1.82, 2.24) is 5.32 Å². The van der Waals surface area contributed by atoms with Gasteiger partial charge in [-0.2, -0.15) is 0 Å². The van der Waals surface area contributed by atoms with E-state index < -0.39 is 0 Å². The Kier molecular flexibility index (Phi) is 5.50. The molecule has 0 bridgehead atoms. The Balaban J connectivity index is 2.07. The number of amides is 1. The van der Waals surface area contributed by atoms with Crippen molar-refractivity contribution in [1.29, 1.82) is 0 Å². The number of carbonyl (C=O) groups excluding carboxylic acids is 1. The molecule has 0 aromatic rings. The predicted molar refractivity (Wildman–Crippen MR) is 58.1 cm³/mol. The van der Waals surface area contributed by atoms with Crippen molar-refractivity contribution in [2.24, 2.45) is 0 Å². The van der Waals surface area contributed by atoms with Crippen LogP contribution < -0.4 is 5.32 Å². The van der Waals surface area contributed by atoms with E-state index in [9.17, 15) is 4.79 Å². The van der Waals surface area contributed by atoms with Crippen molar-refractivity contribution in [2.75, 3.05) is 25.5 Å². The Morgan fingerprint density at radius 3 is 2.93 bits per heavy atom. The zero-order valence-corrected chi connectivity index (χ0v) is 8.94. The van der Waals surface area contributed by atoms with Gasteiger partial charge in [-0.05, 0) is 12.8 Å². The monoisotopic (exact) mass is 213 g/mol. The van der Waals surface area contributed by atoms with Gasteiger partial charge in [0.25, 0.3) is 0 Å². The molecule has 1 aliphatic rings. The summed E-state index contributed by atoms with van der Waals surface area (Å²) in [5, 5.41) is 3.21. The molecule has 1 heterocycles. The molecular formula is C10H15NO2S. The van der Waals surface area contributed by atoms with E-state index in [1.807, 2.05) is 0 Å². The fraction of sp³-hybridized carbons (Fsp3) is 0.700. The van der Waals surface area contributed by atoms with Gasteiger partial charge in [-0.15, -0.1) is 18.2 Å². The maximum absolute atomic E-state index is 11.2. The van der Waals surface area contributed by atoms with Crippen LogP contribution in [0.25, 0.3) is 0 Å². The lowest BCUT2D eigenvalue weighted by Gasteiger charge is -2.20. The summed E-state index contributed by atoms with van der Waals surface area (Å²) < 4.78 is 5.23. The van der Waals surface area contributed by atoms with E-state index in [1.165, 1.54) is 0 Å². The molecule has 1 N–H and O–H groups in total. The fourth-order valence-electron chi connectivity index (χ4n) is 1.24. The Hall–Kier alpha value is -0.660. The number of ether oxygens (including phenoxy) is 1. The van der Waals surface area contributed by atoms with Crippen molar-refractivity contribution in [3.8, 4) is 12.3 Å². The minimum Gasteiger partial charge on any atom is -0.381 e. The van der Waals surface area contributed by atoms with Gasteiger partial charge in [-0.3, -0.25) is 4.79 Å². The van der Waals surface area contributed by atoms with E-state index in [1.54, 1.807) is 11.8 Å². The number of nitrogens with one attached hydrogen (secondary N) is 1. The molecule has 0 atom stereocenters. The molecule has 1 amide bonds. The molecule has 14 heavy (non-hydrogen) atoms. The number of hydrogen-bond donors (Lipinski definition) is 1. The highest BCUT2D eigenvalue weighted by atomic mass is 32.2. The van der Waals surface area contributed by atoms with Crippen LogP contribution in [0.15, 0.2) is 0 Å². The molecule has 1 aliphatic heterocycles. The summed E-state index contributed by atoms with van der Waals surface area (Å²) in [6.45, 7) is 1.97. The van der Waals surface area contributed by atoms with Gasteiger partial charge in [0.05, 0.1) is 12.3 Å². The lowest BCUT2D eigenvalue weighted by atomic mass is 10.2. The molecule has 0 spiro atoms. The summed E-state index contributed by atoms with van der Waals surface area (Å²) in [6, 6.07) is 0. The van der Waals surface area contributed by atoms with E-state index in [2.05, 4.69) is 11.2 Å². The number of carbonyl (C=O) groups is 1. The first-order valence-electron chi connectivity index (χ1n) is 4.72. The van der Waals surface area contributed by atoms with E-state index in [0.29, 0.717) is 17.5 Å². The quantitative estimate of drug-likeness (QED) is 0.697. The lowest BCUT2D eigenvalue weighted by Crippen LogP contribution is -2.27. The summed E-state index contributed by atoms with van der Waals surface area (Å²) in [5.74, 6) is 2.91. The van der Waals surface area contributed by atoms with Crippen molar-refractivity contribution < 1.29 is 9.53 Å². The summed E-state index contributed by atoms with van der Waals surface area (Å²) in [6.07, 6.45) is 7.13. The van der Waals surface area contributed by atoms with Gasteiger partial charge < -0.3 is 10.1 Å². The second-order valence-corrected chi connectivity index (χ2v) is 4.39. The van der Waals surface area contributed by atoms with Gasteiger partial charge in [0.15, 0.2) is 0 Å². The van der Waals surface area contributed by atoms with E-state index in [-0.39, 0.29) is 5.91 Å². The van der Waals surface area contributed by atoms with Crippen LogP contribution in [0.4, 0.5) is 0 Å². The molecule has 0 saturated carbocycles. The second kappa shape index (κ2) is 6.74. The Morgan fingerprint density at radius 1 is 1.57 bits per heavy atom. The zero-order chi connectivity index (χ0) is 10.2. The Bertz CT molecular complexity index is 219. The molecule has 1 rings (SSSR count). The predicted octanol–water partition coefficient (Wildman–Crippen LogP) is 0.648. The van der Waals surface area contributed by atoms with Crippen LogP contribution >= 0.6 is 11.8 Å². The molecule has 0 aliphatic carbocycles. The molecule has 0 unspecified atom stereocenters. The topological polar surface area (TPSA) is 38.3 Å². The molecule has 3 nitrogen and oxygen atoms in total. The molecule has 0 aromatic carbocycles. The summed E-state index contributed by atoms with van der Waals surface area (Å²) in [7, 11) is 0. The molecular weight excluding hydrogens is 198 g/mol. The highest BCUT2D eigenvalue weighted by Crippen LogP contribution is 2.21. The van der Waals surface area contributed by atoms with E-state index in [0.717, 1.165) is 26.1 Å². The third-order valence-corrected chi connectivity index (χ3v) is 3.38. The maximum Gasteiger partial charge on any atom is 0.230 e. The summed E-state index contributed by atoms with van der Waals surface area (Å²) >= 11 is 1.70. The Morgan fingerprint density at radius 2 is 2.29 bits per heavy atom. The second-order valence-electron chi connectivity index (χ2n) is 3.10. The van der Waals surface area contributed by atoms with Crippen LogP contribution in [0.1, 0.15) is 12.8 Å². The van der Waals surface area contributed by atoms with Crippen LogP contribution in [0.2, 0.25) is 0 Å². The van der Waals surface area contributed by atoms with Gasteiger partial charge in [0, 0.05) is 18.5 Å². The standard InChI is InChI=1S/C10H15NO2S/c1-2-5-11-10(12)8-14-9-3-6-13-7-4-9/h1,9H,3-8H2,(H,11,12). The zero-order valence-electron chi connectivity index (χ0n) is 8.12. The average molecular weight is 213 g/mol. The normalized spacial score (nSPS) is 17.4. The minimum atomic E-state index is 0.0273.